The summed E-state index contributed by atoms with van der Waals surface area (Å²) >= 11 is 0. The second kappa shape index (κ2) is 6.94. The van der Waals surface area contributed by atoms with Gasteiger partial charge >= 0.3 is 6.18 Å². The summed E-state index contributed by atoms with van der Waals surface area (Å²) in [6.07, 6.45) is -3.06. The third-order valence-electron chi connectivity index (χ3n) is 5.08. The minimum absolute atomic E-state index is 0.305. The Bertz CT molecular complexity index is 1050. The highest BCUT2D eigenvalue weighted by Crippen LogP contribution is 2.29. The van der Waals surface area contributed by atoms with Gasteiger partial charge in [0.05, 0.1) is 22.2 Å². The van der Waals surface area contributed by atoms with Crippen LogP contribution in [0.3, 0.4) is 0 Å². The Labute approximate surface area is 159 Å². The lowest BCUT2D eigenvalue weighted by Gasteiger charge is -2.34. The highest BCUT2D eigenvalue weighted by molar-refractivity contribution is 5.82. The standard InChI is InChI=1S/C20H19F3N4O/c1-25-8-10-26(11-9-25)16-6-7-18-17(12-16)19(28)27(13-24-18)15-4-2-14(3-5-15)20(21,22)23/h2-7,12-13H,8-11H2,1H3. The average molecular weight is 388 g/mol. The van der Waals surface area contributed by atoms with Gasteiger partial charge in [0.15, 0.2) is 0 Å². The molecule has 0 N–H and O–H groups in total. The van der Waals surface area contributed by atoms with Gasteiger partial charge in [-0.25, -0.2) is 4.98 Å². The average Bonchev–Trinajstić information content (AvgIpc) is 2.68. The van der Waals surface area contributed by atoms with Crippen LogP contribution in [0, 0.1) is 0 Å². The second-order valence-corrected chi connectivity index (χ2v) is 6.96. The number of piperazine rings is 1. The van der Waals surface area contributed by atoms with E-state index in [1.54, 1.807) is 0 Å². The maximum atomic E-state index is 13.0. The zero-order valence-corrected chi connectivity index (χ0v) is 15.3. The van der Waals surface area contributed by atoms with E-state index in [4.69, 9.17) is 0 Å². The van der Waals surface area contributed by atoms with Crippen LogP contribution in [0.15, 0.2) is 53.6 Å². The van der Waals surface area contributed by atoms with Crippen LogP contribution in [0.2, 0.25) is 0 Å². The Kier molecular flexibility index (Phi) is 4.58. The number of hydrogen-bond donors (Lipinski definition) is 0. The Balaban J connectivity index is 1.72. The molecule has 28 heavy (non-hydrogen) atoms. The zero-order chi connectivity index (χ0) is 19.9. The first-order chi connectivity index (χ1) is 13.3. The van der Waals surface area contributed by atoms with Gasteiger partial charge in [0, 0.05) is 31.9 Å². The molecule has 4 rings (SSSR count). The van der Waals surface area contributed by atoms with E-state index in [9.17, 15) is 18.0 Å². The van der Waals surface area contributed by atoms with Crippen LogP contribution in [0.5, 0.6) is 0 Å². The number of fused-ring (bicyclic) bond motifs is 1. The molecule has 1 aromatic heterocycles. The summed E-state index contributed by atoms with van der Waals surface area (Å²) in [6, 6.07) is 10.1. The molecule has 5 nitrogen and oxygen atoms in total. The first-order valence-electron chi connectivity index (χ1n) is 8.95. The van der Waals surface area contributed by atoms with Gasteiger partial charge in [-0.2, -0.15) is 13.2 Å². The third kappa shape index (κ3) is 3.47. The van der Waals surface area contributed by atoms with Crippen LogP contribution in [-0.4, -0.2) is 47.7 Å². The number of aromatic nitrogens is 2. The van der Waals surface area contributed by atoms with Gasteiger partial charge in [-0.15, -0.1) is 0 Å². The number of alkyl halides is 3. The fourth-order valence-electron chi connectivity index (χ4n) is 3.37. The van der Waals surface area contributed by atoms with E-state index in [1.165, 1.54) is 23.0 Å². The number of rotatable bonds is 2. The van der Waals surface area contributed by atoms with Crippen molar-refractivity contribution in [2.24, 2.45) is 0 Å². The molecule has 0 atom stereocenters. The monoisotopic (exact) mass is 388 g/mol. The van der Waals surface area contributed by atoms with Gasteiger partial charge < -0.3 is 9.80 Å². The Hall–Kier alpha value is -2.87. The number of anilines is 1. The van der Waals surface area contributed by atoms with E-state index < -0.39 is 11.7 Å². The molecule has 3 aromatic rings. The van der Waals surface area contributed by atoms with Crippen LogP contribution in [0.25, 0.3) is 16.6 Å². The quantitative estimate of drug-likeness (QED) is 0.676. The van der Waals surface area contributed by atoms with Crippen LogP contribution >= 0.6 is 0 Å². The van der Waals surface area contributed by atoms with Gasteiger partial charge in [0.1, 0.15) is 6.33 Å². The maximum absolute atomic E-state index is 13.0. The maximum Gasteiger partial charge on any atom is 0.416 e. The normalized spacial score (nSPS) is 15.9. The van der Waals surface area contributed by atoms with Crippen LogP contribution < -0.4 is 10.5 Å². The third-order valence-corrected chi connectivity index (χ3v) is 5.08. The number of halogens is 3. The largest absolute Gasteiger partial charge is 0.416 e. The van der Waals surface area contributed by atoms with Crippen molar-refractivity contribution in [2.75, 3.05) is 38.1 Å². The molecule has 1 saturated heterocycles. The summed E-state index contributed by atoms with van der Waals surface area (Å²) in [5.74, 6) is 0. The Morgan fingerprint density at radius 3 is 2.21 bits per heavy atom. The van der Waals surface area contributed by atoms with E-state index >= 15 is 0 Å². The molecule has 2 heterocycles. The summed E-state index contributed by atoms with van der Waals surface area (Å²) in [7, 11) is 2.07. The van der Waals surface area contributed by atoms with Gasteiger partial charge in [0.25, 0.3) is 5.56 Å². The molecule has 1 fully saturated rings. The smallest absolute Gasteiger partial charge is 0.369 e. The summed E-state index contributed by atoms with van der Waals surface area (Å²) in [5, 5.41) is 0.443. The molecule has 0 radical (unpaired) electrons. The molecular formula is C20H19F3N4O. The molecule has 0 bridgehead atoms. The summed E-state index contributed by atoms with van der Waals surface area (Å²) in [5.41, 5.74) is 0.796. The number of hydrogen-bond acceptors (Lipinski definition) is 4. The van der Waals surface area contributed by atoms with Crippen LogP contribution in [0.4, 0.5) is 18.9 Å². The molecule has 1 aliphatic rings. The van der Waals surface area contributed by atoms with Crippen LogP contribution in [0.1, 0.15) is 5.56 Å². The van der Waals surface area contributed by atoms with Crippen molar-refractivity contribution < 1.29 is 13.2 Å². The lowest BCUT2D eigenvalue weighted by molar-refractivity contribution is -0.137. The molecule has 0 spiro atoms. The fraction of sp³-hybridized carbons (Fsp3) is 0.300. The molecule has 0 amide bonds. The molecule has 0 saturated carbocycles. The van der Waals surface area contributed by atoms with Crippen molar-refractivity contribution in [2.45, 2.75) is 6.18 Å². The minimum atomic E-state index is -4.41. The lowest BCUT2D eigenvalue weighted by atomic mass is 10.1. The molecule has 2 aromatic carbocycles. The topological polar surface area (TPSA) is 41.4 Å². The fourth-order valence-corrected chi connectivity index (χ4v) is 3.37. The van der Waals surface area contributed by atoms with Crippen molar-refractivity contribution in [3.8, 4) is 5.69 Å². The molecule has 146 valence electrons. The van der Waals surface area contributed by atoms with Crippen molar-refractivity contribution in [1.82, 2.24) is 14.5 Å². The lowest BCUT2D eigenvalue weighted by Crippen LogP contribution is -2.44. The van der Waals surface area contributed by atoms with Crippen LogP contribution in [-0.2, 0) is 6.18 Å². The zero-order valence-electron chi connectivity index (χ0n) is 15.3. The second-order valence-electron chi connectivity index (χ2n) is 6.96. The molecule has 1 aliphatic heterocycles. The van der Waals surface area contributed by atoms with E-state index in [-0.39, 0.29) is 5.56 Å². The van der Waals surface area contributed by atoms with E-state index in [1.807, 2.05) is 18.2 Å². The van der Waals surface area contributed by atoms with Gasteiger partial charge in [-0.3, -0.25) is 9.36 Å². The van der Waals surface area contributed by atoms with Crippen molar-refractivity contribution in [1.29, 1.82) is 0 Å². The number of nitrogens with zero attached hydrogens (tertiary/aromatic N) is 4. The Morgan fingerprint density at radius 1 is 0.929 bits per heavy atom. The number of benzene rings is 2. The van der Waals surface area contributed by atoms with E-state index in [2.05, 4.69) is 21.8 Å². The highest BCUT2D eigenvalue weighted by Gasteiger charge is 2.30. The predicted molar refractivity (Wildman–Crippen MR) is 102 cm³/mol. The SMILES string of the molecule is CN1CCN(c2ccc3ncn(-c4ccc(C(F)(F)F)cc4)c(=O)c3c2)CC1. The van der Waals surface area contributed by atoms with Crippen molar-refractivity contribution in [3.63, 3.8) is 0 Å². The van der Waals surface area contributed by atoms with Gasteiger partial charge in [-0.1, -0.05) is 0 Å². The summed E-state index contributed by atoms with van der Waals surface area (Å²) < 4.78 is 39.6. The van der Waals surface area contributed by atoms with E-state index in [0.717, 1.165) is 44.0 Å². The summed E-state index contributed by atoms with van der Waals surface area (Å²) in [6.45, 7) is 3.63. The minimum Gasteiger partial charge on any atom is -0.369 e. The molecule has 8 heteroatoms. The molecule has 0 aliphatic carbocycles. The molecular weight excluding hydrogens is 369 g/mol. The Morgan fingerprint density at radius 2 is 1.57 bits per heavy atom. The summed E-state index contributed by atoms with van der Waals surface area (Å²) in [4.78, 5) is 21.7. The predicted octanol–water partition coefficient (Wildman–Crippen LogP) is 3.16. The number of likely N-dealkylation sites (N-methyl/N-ethyl adjacent to an activating group) is 1. The van der Waals surface area contributed by atoms with Crippen molar-refractivity contribution >= 4 is 16.6 Å². The highest BCUT2D eigenvalue weighted by atomic mass is 19.4. The first kappa shape index (κ1) is 18.5. The molecule has 0 unspecified atom stereocenters. The van der Waals surface area contributed by atoms with Gasteiger partial charge in [-0.05, 0) is 49.5 Å². The van der Waals surface area contributed by atoms with Crippen molar-refractivity contribution in [3.05, 3.63) is 64.7 Å². The first-order valence-corrected chi connectivity index (χ1v) is 8.95. The van der Waals surface area contributed by atoms with Gasteiger partial charge in [0.2, 0.25) is 0 Å². The van der Waals surface area contributed by atoms with E-state index in [0.29, 0.717) is 16.6 Å².